The van der Waals surface area contributed by atoms with E-state index in [0.717, 1.165) is 26.8 Å². The second-order valence-electron chi connectivity index (χ2n) is 5.67. The molecular formula is C20H20N2O3S2. The van der Waals surface area contributed by atoms with Gasteiger partial charge in [-0.3, -0.25) is 4.79 Å². The molecule has 3 rings (SSSR count). The van der Waals surface area contributed by atoms with Crippen molar-refractivity contribution in [2.24, 2.45) is 0 Å². The van der Waals surface area contributed by atoms with Crippen LogP contribution in [-0.4, -0.2) is 31.4 Å². The highest BCUT2D eigenvalue weighted by Crippen LogP contribution is 2.33. The lowest BCUT2D eigenvalue weighted by molar-refractivity contribution is -0.115. The van der Waals surface area contributed by atoms with E-state index in [2.05, 4.69) is 10.3 Å². The summed E-state index contributed by atoms with van der Waals surface area (Å²) >= 11 is 3.14. The minimum Gasteiger partial charge on any atom is -0.493 e. The molecule has 0 fully saturated rings. The van der Waals surface area contributed by atoms with Gasteiger partial charge in [-0.25, -0.2) is 4.98 Å². The van der Waals surface area contributed by atoms with Crippen molar-refractivity contribution in [1.82, 2.24) is 4.98 Å². The highest BCUT2D eigenvalue weighted by molar-refractivity contribution is 7.98. The Morgan fingerprint density at radius 1 is 1.15 bits per heavy atom. The first kappa shape index (κ1) is 19.3. The maximum absolute atomic E-state index is 12.3. The summed E-state index contributed by atoms with van der Waals surface area (Å²) in [5, 5.41) is 5.67. The van der Waals surface area contributed by atoms with Crippen LogP contribution < -0.4 is 14.8 Å². The number of nitrogens with one attached hydrogen (secondary N) is 1. The highest BCUT2D eigenvalue weighted by Gasteiger charge is 2.12. The second kappa shape index (κ2) is 8.92. The molecule has 1 heterocycles. The molecule has 0 radical (unpaired) electrons. The average molecular weight is 401 g/mol. The summed E-state index contributed by atoms with van der Waals surface area (Å²) in [5.74, 6) is 1.24. The zero-order valence-corrected chi connectivity index (χ0v) is 16.9. The number of thiazole rings is 1. The summed E-state index contributed by atoms with van der Waals surface area (Å²) in [7, 11) is 3.21. The monoisotopic (exact) mass is 400 g/mol. The van der Waals surface area contributed by atoms with Crippen molar-refractivity contribution in [2.45, 2.75) is 11.3 Å². The quantitative estimate of drug-likeness (QED) is 0.581. The van der Waals surface area contributed by atoms with Crippen LogP contribution in [0.25, 0.3) is 10.6 Å². The van der Waals surface area contributed by atoms with E-state index >= 15 is 0 Å². The first-order valence-corrected chi connectivity index (χ1v) is 10.3. The fourth-order valence-corrected chi connectivity index (χ4v) is 3.84. The van der Waals surface area contributed by atoms with Crippen LogP contribution in [0.1, 0.15) is 5.69 Å². The van der Waals surface area contributed by atoms with Crippen LogP contribution in [0.2, 0.25) is 0 Å². The number of rotatable bonds is 7. The Labute approximate surface area is 166 Å². The summed E-state index contributed by atoms with van der Waals surface area (Å²) in [6.07, 6.45) is 2.24. The summed E-state index contributed by atoms with van der Waals surface area (Å²) in [6.45, 7) is 0. The molecule has 0 saturated carbocycles. The molecule has 3 aromatic rings. The molecule has 140 valence electrons. The Bertz CT molecular complexity index is 940. The van der Waals surface area contributed by atoms with Crippen LogP contribution in [0.15, 0.2) is 52.7 Å². The van der Waals surface area contributed by atoms with Gasteiger partial charge in [0.2, 0.25) is 5.91 Å². The van der Waals surface area contributed by atoms with Crippen molar-refractivity contribution in [2.75, 3.05) is 25.8 Å². The third-order valence-electron chi connectivity index (χ3n) is 3.88. The smallest absolute Gasteiger partial charge is 0.230 e. The molecule has 1 amide bonds. The fourth-order valence-electron chi connectivity index (χ4n) is 2.56. The molecule has 7 heteroatoms. The maximum Gasteiger partial charge on any atom is 0.230 e. The van der Waals surface area contributed by atoms with E-state index < -0.39 is 0 Å². The molecule has 1 aromatic heterocycles. The van der Waals surface area contributed by atoms with Gasteiger partial charge in [0.25, 0.3) is 0 Å². The van der Waals surface area contributed by atoms with Gasteiger partial charge in [0.1, 0.15) is 5.01 Å². The van der Waals surface area contributed by atoms with Crippen LogP contribution in [0.3, 0.4) is 0 Å². The molecule has 0 aliphatic carbocycles. The second-order valence-corrected chi connectivity index (χ2v) is 7.41. The standard InChI is InChI=1S/C20H20N2O3S2/c1-24-17-8-7-13(9-18(17)25-2)20-22-15(12-27-20)11-19(23)21-14-5-4-6-16(10-14)26-3/h4-10,12H,11H2,1-3H3,(H,21,23). The number of carbonyl (C=O) groups is 1. The number of carbonyl (C=O) groups excluding carboxylic acids is 1. The largest absolute Gasteiger partial charge is 0.493 e. The molecular weight excluding hydrogens is 380 g/mol. The van der Waals surface area contributed by atoms with Gasteiger partial charge in [-0.2, -0.15) is 0 Å². The van der Waals surface area contributed by atoms with E-state index in [4.69, 9.17) is 9.47 Å². The third kappa shape index (κ3) is 4.81. The SMILES string of the molecule is COc1ccc(-c2nc(CC(=O)Nc3cccc(SC)c3)cs2)cc1OC. The number of hydrogen-bond donors (Lipinski definition) is 1. The molecule has 0 bridgehead atoms. The first-order chi connectivity index (χ1) is 13.1. The zero-order chi connectivity index (χ0) is 19.2. The summed E-state index contributed by atoms with van der Waals surface area (Å²) < 4.78 is 10.6. The lowest BCUT2D eigenvalue weighted by Crippen LogP contribution is -2.14. The van der Waals surface area contributed by atoms with Crippen molar-refractivity contribution in [1.29, 1.82) is 0 Å². The Morgan fingerprint density at radius 3 is 2.70 bits per heavy atom. The van der Waals surface area contributed by atoms with Crippen molar-refractivity contribution in [3.05, 3.63) is 53.5 Å². The number of anilines is 1. The Kier molecular flexibility index (Phi) is 6.36. The molecule has 0 aliphatic rings. The lowest BCUT2D eigenvalue weighted by atomic mass is 10.2. The molecule has 0 aliphatic heterocycles. The Morgan fingerprint density at radius 2 is 1.96 bits per heavy atom. The lowest BCUT2D eigenvalue weighted by Gasteiger charge is -2.08. The van der Waals surface area contributed by atoms with Gasteiger partial charge in [-0.15, -0.1) is 23.1 Å². The van der Waals surface area contributed by atoms with E-state index in [1.54, 1.807) is 26.0 Å². The normalized spacial score (nSPS) is 10.5. The number of benzene rings is 2. The van der Waals surface area contributed by atoms with Crippen molar-refractivity contribution in [3.8, 4) is 22.1 Å². The topological polar surface area (TPSA) is 60.5 Å². The molecule has 0 atom stereocenters. The van der Waals surface area contributed by atoms with Gasteiger partial charge in [0.15, 0.2) is 11.5 Å². The van der Waals surface area contributed by atoms with Gasteiger partial charge in [0, 0.05) is 21.5 Å². The van der Waals surface area contributed by atoms with Crippen molar-refractivity contribution < 1.29 is 14.3 Å². The number of amides is 1. The number of nitrogens with zero attached hydrogens (tertiary/aromatic N) is 1. The van der Waals surface area contributed by atoms with E-state index in [0.29, 0.717) is 11.5 Å². The van der Waals surface area contributed by atoms with Crippen molar-refractivity contribution in [3.63, 3.8) is 0 Å². The Hall–Kier alpha value is -2.51. The number of ether oxygens (including phenoxy) is 2. The van der Waals surface area contributed by atoms with Gasteiger partial charge in [-0.1, -0.05) is 6.07 Å². The highest BCUT2D eigenvalue weighted by atomic mass is 32.2. The maximum atomic E-state index is 12.3. The van der Waals surface area contributed by atoms with E-state index in [1.807, 2.05) is 54.1 Å². The molecule has 0 saturated heterocycles. The van der Waals surface area contributed by atoms with Crippen molar-refractivity contribution >= 4 is 34.7 Å². The van der Waals surface area contributed by atoms with Crippen LogP contribution >= 0.6 is 23.1 Å². The fraction of sp³-hybridized carbons (Fsp3) is 0.200. The van der Waals surface area contributed by atoms with E-state index in [9.17, 15) is 4.79 Å². The summed E-state index contributed by atoms with van der Waals surface area (Å²) in [4.78, 5) is 18.0. The first-order valence-electron chi connectivity index (χ1n) is 8.23. The molecule has 5 nitrogen and oxygen atoms in total. The molecule has 2 aromatic carbocycles. The van der Waals surface area contributed by atoms with Crippen LogP contribution in [0.5, 0.6) is 11.5 Å². The predicted molar refractivity (Wildman–Crippen MR) is 111 cm³/mol. The van der Waals surface area contributed by atoms with Crippen LogP contribution in [0, 0.1) is 0 Å². The summed E-state index contributed by atoms with van der Waals surface area (Å²) in [6, 6.07) is 13.4. The Balaban J connectivity index is 1.69. The van der Waals surface area contributed by atoms with E-state index in [-0.39, 0.29) is 12.3 Å². The number of methoxy groups -OCH3 is 2. The van der Waals surface area contributed by atoms with E-state index in [1.165, 1.54) is 11.3 Å². The number of thioether (sulfide) groups is 1. The van der Waals surface area contributed by atoms with Gasteiger partial charge in [0.05, 0.1) is 26.3 Å². The number of hydrogen-bond acceptors (Lipinski definition) is 6. The third-order valence-corrected chi connectivity index (χ3v) is 5.54. The van der Waals surface area contributed by atoms with Crippen LogP contribution in [-0.2, 0) is 11.2 Å². The molecule has 1 N–H and O–H groups in total. The van der Waals surface area contributed by atoms with Gasteiger partial charge >= 0.3 is 0 Å². The van der Waals surface area contributed by atoms with Gasteiger partial charge in [-0.05, 0) is 42.7 Å². The zero-order valence-electron chi connectivity index (χ0n) is 15.3. The predicted octanol–water partition coefficient (Wildman–Crippen LogP) is 4.73. The van der Waals surface area contributed by atoms with Crippen LogP contribution in [0.4, 0.5) is 5.69 Å². The minimum absolute atomic E-state index is 0.0857. The number of aromatic nitrogens is 1. The molecule has 0 unspecified atom stereocenters. The summed E-state index contributed by atoms with van der Waals surface area (Å²) in [5.41, 5.74) is 2.46. The molecule has 0 spiro atoms. The molecule has 27 heavy (non-hydrogen) atoms. The van der Waals surface area contributed by atoms with Gasteiger partial charge < -0.3 is 14.8 Å². The average Bonchev–Trinajstić information content (AvgIpc) is 3.15. The minimum atomic E-state index is -0.0857.